The molecule has 1 nitrogen and oxygen atoms in total. The average Bonchev–Trinajstić information content (AvgIpc) is 2.62. The van der Waals surface area contributed by atoms with Crippen molar-refractivity contribution in [1.82, 2.24) is 0 Å². The Morgan fingerprint density at radius 1 is 0.593 bits per heavy atom. The van der Waals surface area contributed by atoms with Crippen LogP contribution in [0.25, 0.3) is 0 Å². The molecule has 0 amide bonds. The second kappa shape index (κ2) is 18.0. The van der Waals surface area contributed by atoms with Gasteiger partial charge in [0.2, 0.25) is 0 Å². The third kappa shape index (κ3) is 16.6. The fraction of sp³-hybridized carbons (Fsp3) is 0.760. The smallest absolute Gasteiger partial charge is 0.104 e. The van der Waals surface area contributed by atoms with Gasteiger partial charge in [-0.1, -0.05) is 114 Å². The third-order valence-corrected chi connectivity index (χ3v) is 5.57. The van der Waals surface area contributed by atoms with Gasteiger partial charge in [-0.05, 0) is 12.8 Å². The molecule has 0 saturated heterocycles. The zero-order chi connectivity index (χ0) is 18.9. The number of benzene rings is 1. The van der Waals surface area contributed by atoms with Gasteiger partial charge in [0.1, 0.15) is 6.54 Å². The van der Waals surface area contributed by atoms with E-state index in [1.807, 2.05) is 0 Å². The van der Waals surface area contributed by atoms with E-state index in [2.05, 4.69) is 51.4 Å². The Balaban J connectivity index is 0.00000676. The molecule has 0 aromatic heterocycles. The first-order chi connectivity index (χ1) is 12.6. The van der Waals surface area contributed by atoms with Crippen molar-refractivity contribution in [2.45, 2.75) is 103 Å². The van der Waals surface area contributed by atoms with Gasteiger partial charge in [-0.2, -0.15) is 0 Å². The first-order valence-electron chi connectivity index (χ1n) is 11.5. The maximum Gasteiger partial charge on any atom is 0.104 e. The molecule has 27 heavy (non-hydrogen) atoms. The Kier molecular flexibility index (Phi) is 17.9. The van der Waals surface area contributed by atoms with Gasteiger partial charge >= 0.3 is 0 Å². The van der Waals surface area contributed by atoms with E-state index in [1.54, 1.807) is 0 Å². The van der Waals surface area contributed by atoms with Crippen LogP contribution in [0, 0.1) is 0 Å². The molecule has 0 aliphatic heterocycles. The number of nitrogens with zero attached hydrogens (tertiary/aromatic N) is 1. The van der Waals surface area contributed by atoms with E-state index < -0.39 is 0 Å². The molecule has 1 rings (SSSR count). The van der Waals surface area contributed by atoms with Crippen LogP contribution < -0.4 is 0 Å². The summed E-state index contributed by atoms with van der Waals surface area (Å²) >= 11 is 0. The van der Waals surface area contributed by atoms with E-state index in [4.69, 9.17) is 0 Å². The van der Waals surface area contributed by atoms with Gasteiger partial charge in [-0.3, -0.25) is 0 Å². The Bertz CT molecular complexity index is 416. The van der Waals surface area contributed by atoms with Gasteiger partial charge in [-0.25, -0.2) is 0 Å². The molecule has 161 valence electrons. The Labute approximate surface area is 186 Å². The minimum absolute atomic E-state index is 0. The number of hydrogen-bond donors (Lipinski definition) is 0. The zero-order valence-corrected chi connectivity index (χ0v) is 19.9. The molecule has 0 heterocycles. The standard InChI is InChI=1S/C25H46N.Ag/c1-4-5-6-7-8-9-10-11-12-13-14-15-16-20-23-26(2,3)24-25-21-18-17-19-22-25;/h17-19,21-22H,4-16,20,23-24H2,1-3H3;/q+1;. The number of unbranched alkanes of at least 4 members (excludes halogenated alkanes) is 13. The van der Waals surface area contributed by atoms with Crippen LogP contribution in [-0.4, -0.2) is 25.1 Å². The second-order valence-corrected chi connectivity index (χ2v) is 8.90. The fourth-order valence-electron chi connectivity index (χ4n) is 3.89. The minimum Gasteiger partial charge on any atom is -0.325 e. The van der Waals surface area contributed by atoms with Gasteiger partial charge in [-0.15, -0.1) is 0 Å². The summed E-state index contributed by atoms with van der Waals surface area (Å²) in [7, 11) is 4.74. The molecule has 1 radical (unpaired) electrons. The van der Waals surface area contributed by atoms with Crippen molar-refractivity contribution in [2.75, 3.05) is 20.6 Å². The molecule has 0 saturated carbocycles. The quantitative estimate of drug-likeness (QED) is 0.125. The van der Waals surface area contributed by atoms with Gasteiger partial charge < -0.3 is 4.48 Å². The van der Waals surface area contributed by atoms with Crippen molar-refractivity contribution in [3.63, 3.8) is 0 Å². The summed E-state index contributed by atoms with van der Waals surface area (Å²) in [4.78, 5) is 0. The molecule has 1 aromatic rings. The van der Waals surface area contributed by atoms with Crippen LogP contribution in [0.5, 0.6) is 0 Å². The SMILES string of the molecule is CCCCCCCCCCCCCCCC[N+](C)(C)Cc1ccccc1.[Ag]. The monoisotopic (exact) mass is 467 g/mol. The molecule has 0 aliphatic carbocycles. The van der Waals surface area contributed by atoms with Gasteiger partial charge in [0.25, 0.3) is 0 Å². The normalized spacial score (nSPS) is 11.4. The molecule has 0 spiro atoms. The summed E-state index contributed by atoms with van der Waals surface area (Å²) < 4.78 is 1.11. The topological polar surface area (TPSA) is 0 Å². The Morgan fingerprint density at radius 2 is 1.00 bits per heavy atom. The van der Waals surface area contributed by atoms with Crippen LogP contribution in [-0.2, 0) is 28.9 Å². The molecule has 0 aliphatic rings. The molecule has 0 atom stereocenters. The average molecular weight is 469 g/mol. The summed E-state index contributed by atoms with van der Waals surface area (Å²) in [6.45, 7) is 4.75. The van der Waals surface area contributed by atoms with Crippen LogP contribution in [0.2, 0.25) is 0 Å². The summed E-state index contributed by atoms with van der Waals surface area (Å²) in [5.74, 6) is 0. The van der Waals surface area contributed by atoms with Crippen molar-refractivity contribution in [2.24, 2.45) is 0 Å². The minimum atomic E-state index is 0. The van der Waals surface area contributed by atoms with Crippen molar-refractivity contribution >= 4 is 0 Å². The van der Waals surface area contributed by atoms with E-state index >= 15 is 0 Å². The van der Waals surface area contributed by atoms with Gasteiger partial charge in [0, 0.05) is 27.9 Å². The van der Waals surface area contributed by atoms with Crippen LogP contribution >= 0.6 is 0 Å². The molecular formula is C25H46AgN+. The number of quaternary nitrogens is 1. The third-order valence-electron chi connectivity index (χ3n) is 5.57. The predicted octanol–water partition coefficient (Wildman–Crippen LogP) is 7.74. The van der Waals surface area contributed by atoms with E-state index in [1.165, 1.54) is 102 Å². The van der Waals surface area contributed by atoms with Crippen molar-refractivity contribution < 1.29 is 26.9 Å². The zero-order valence-electron chi connectivity index (χ0n) is 18.4. The van der Waals surface area contributed by atoms with Crippen molar-refractivity contribution in [3.05, 3.63) is 35.9 Å². The summed E-state index contributed by atoms with van der Waals surface area (Å²) in [5, 5.41) is 0. The molecular weight excluding hydrogens is 422 g/mol. The summed E-state index contributed by atoms with van der Waals surface area (Å²) in [6, 6.07) is 10.9. The molecule has 0 bridgehead atoms. The van der Waals surface area contributed by atoms with Crippen molar-refractivity contribution in [3.8, 4) is 0 Å². The summed E-state index contributed by atoms with van der Waals surface area (Å²) in [5.41, 5.74) is 1.46. The predicted molar refractivity (Wildman–Crippen MR) is 117 cm³/mol. The molecule has 0 N–H and O–H groups in total. The van der Waals surface area contributed by atoms with Crippen molar-refractivity contribution in [1.29, 1.82) is 0 Å². The van der Waals surface area contributed by atoms with E-state index in [9.17, 15) is 0 Å². The van der Waals surface area contributed by atoms with Gasteiger partial charge in [0.15, 0.2) is 0 Å². The maximum atomic E-state index is 2.37. The number of hydrogen-bond acceptors (Lipinski definition) is 0. The maximum absolute atomic E-state index is 2.37. The number of rotatable bonds is 17. The van der Waals surface area contributed by atoms with Crippen LogP contribution in [0.3, 0.4) is 0 Å². The molecule has 0 fully saturated rings. The van der Waals surface area contributed by atoms with E-state index in [-0.39, 0.29) is 22.4 Å². The largest absolute Gasteiger partial charge is 0.325 e. The van der Waals surface area contributed by atoms with Crippen LogP contribution in [0.1, 0.15) is 102 Å². The van der Waals surface area contributed by atoms with Crippen LogP contribution in [0.4, 0.5) is 0 Å². The molecule has 1 aromatic carbocycles. The van der Waals surface area contributed by atoms with E-state index in [0.717, 1.165) is 11.0 Å². The van der Waals surface area contributed by atoms with Gasteiger partial charge in [0.05, 0.1) is 20.6 Å². The molecule has 0 unspecified atom stereocenters. The first kappa shape index (κ1) is 26.9. The Morgan fingerprint density at radius 3 is 1.44 bits per heavy atom. The molecule has 2 heteroatoms. The summed E-state index contributed by atoms with van der Waals surface area (Å²) in [6.07, 6.45) is 20.2. The first-order valence-corrected chi connectivity index (χ1v) is 11.5. The Hall–Kier alpha value is -0.0797. The van der Waals surface area contributed by atoms with Crippen LogP contribution in [0.15, 0.2) is 30.3 Å². The second-order valence-electron chi connectivity index (χ2n) is 8.90. The van der Waals surface area contributed by atoms with E-state index in [0.29, 0.717) is 0 Å². The fourth-order valence-corrected chi connectivity index (χ4v) is 3.89.